The molecule has 0 fully saturated rings. The normalized spacial score (nSPS) is 11.1. The first-order chi connectivity index (χ1) is 15.5. The summed E-state index contributed by atoms with van der Waals surface area (Å²) in [5, 5.41) is 17.1. The number of hydrazone groups is 1. The highest BCUT2D eigenvalue weighted by Gasteiger charge is 2.15. The second-order valence-corrected chi connectivity index (χ2v) is 7.13. The van der Waals surface area contributed by atoms with Crippen molar-refractivity contribution >= 4 is 40.2 Å². The summed E-state index contributed by atoms with van der Waals surface area (Å²) in [7, 11) is 1.49. The maximum atomic E-state index is 12.6. The van der Waals surface area contributed by atoms with Gasteiger partial charge in [0.2, 0.25) is 0 Å². The molecule has 1 aromatic heterocycles. The van der Waals surface area contributed by atoms with E-state index in [0.29, 0.717) is 33.4 Å². The number of amides is 1. The van der Waals surface area contributed by atoms with E-state index >= 15 is 0 Å². The minimum atomic E-state index is -0.512. The van der Waals surface area contributed by atoms with E-state index in [1.807, 2.05) is 24.3 Å². The lowest BCUT2D eigenvalue weighted by atomic mass is 10.1. The van der Waals surface area contributed by atoms with Crippen LogP contribution in [-0.4, -0.2) is 24.2 Å². The molecule has 0 aliphatic heterocycles. The fourth-order valence-corrected chi connectivity index (χ4v) is 3.37. The third kappa shape index (κ3) is 4.30. The first-order valence-electron chi connectivity index (χ1n) is 9.40. The number of methoxy groups -OCH3 is 1. The van der Waals surface area contributed by atoms with Crippen molar-refractivity contribution in [2.75, 3.05) is 7.11 Å². The molecule has 4 rings (SSSR count). The highest BCUT2D eigenvalue weighted by Crippen LogP contribution is 2.32. The molecular formula is C23H16ClN3O5. The molecule has 0 saturated carbocycles. The summed E-state index contributed by atoms with van der Waals surface area (Å²) in [6.07, 6.45) is 1.32. The van der Waals surface area contributed by atoms with E-state index in [4.69, 9.17) is 20.8 Å². The van der Waals surface area contributed by atoms with Crippen molar-refractivity contribution in [2.45, 2.75) is 0 Å². The number of hydrogen-bond donors (Lipinski definition) is 1. The Morgan fingerprint density at radius 2 is 1.88 bits per heavy atom. The van der Waals surface area contributed by atoms with Crippen molar-refractivity contribution in [2.24, 2.45) is 5.10 Å². The molecule has 4 aromatic rings. The zero-order chi connectivity index (χ0) is 22.7. The van der Waals surface area contributed by atoms with E-state index in [0.717, 1.165) is 10.8 Å². The van der Waals surface area contributed by atoms with Crippen LogP contribution in [0.4, 0.5) is 5.69 Å². The molecule has 0 saturated heterocycles. The molecule has 3 aromatic carbocycles. The number of furan rings is 1. The summed E-state index contributed by atoms with van der Waals surface area (Å²) in [6.45, 7) is 0. The average molecular weight is 450 g/mol. The van der Waals surface area contributed by atoms with Crippen LogP contribution in [0.15, 0.2) is 76.2 Å². The average Bonchev–Trinajstić information content (AvgIpc) is 3.26. The fourth-order valence-electron chi connectivity index (χ4n) is 3.16. The maximum Gasteiger partial charge on any atom is 0.275 e. The highest BCUT2D eigenvalue weighted by molar-refractivity contribution is 6.33. The Balaban J connectivity index is 1.52. The van der Waals surface area contributed by atoms with Crippen LogP contribution in [-0.2, 0) is 0 Å². The number of non-ortho nitro benzene ring substituents is 1. The second kappa shape index (κ2) is 8.91. The van der Waals surface area contributed by atoms with Crippen molar-refractivity contribution in [3.63, 3.8) is 0 Å². The number of nitro groups is 1. The number of nitro benzene ring substituents is 1. The van der Waals surface area contributed by atoms with Crippen molar-refractivity contribution in [3.8, 4) is 17.1 Å². The summed E-state index contributed by atoms with van der Waals surface area (Å²) in [5.41, 5.74) is 3.06. The number of hydrogen-bond acceptors (Lipinski definition) is 6. The van der Waals surface area contributed by atoms with Gasteiger partial charge in [0.05, 0.1) is 28.8 Å². The molecule has 9 heteroatoms. The van der Waals surface area contributed by atoms with Crippen LogP contribution in [0, 0.1) is 10.1 Å². The number of carbonyl (C=O) groups excluding carboxylic acids is 1. The van der Waals surface area contributed by atoms with E-state index in [1.54, 1.807) is 24.3 Å². The third-order valence-electron chi connectivity index (χ3n) is 4.72. The van der Waals surface area contributed by atoms with Gasteiger partial charge >= 0.3 is 0 Å². The van der Waals surface area contributed by atoms with Gasteiger partial charge in [-0.1, -0.05) is 35.9 Å². The van der Waals surface area contributed by atoms with Gasteiger partial charge < -0.3 is 9.15 Å². The molecule has 0 atom stereocenters. The lowest BCUT2D eigenvalue weighted by Gasteiger charge is -2.09. The van der Waals surface area contributed by atoms with Gasteiger partial charge in [0.25, 0.3) is 11.6 Å². The Bertz CT molecular complexity index is 1360. The lowest BCUT2D eigenvalue weighted by Crippen LogP contribution is -2.18. The first-order valence-corrected chi connectivity index (χ1v) is 9.78. The molecule has 1 amide bonds. The van der Waals surface area contributed by atoms with E-state index in [1.165, 1.54) is 31.5 Å². The summed E-state index contributed by atoms with van der Waals surface area (Å²) in [4.78, 5) is 23.1. The quantitative estimate of drug-likeness (QED) is 0.240. The van der Waals surface area contributed by atoms with Crippen molar-refractivity contribution in [3.05, 3.63) is 93.2 Å². The van der Waals surface area contributed by atoms with Gasteiger partial charge in [0.1, 0.15) is 17.3 Å². The summed E-state index contributed by atoms with van der Waals surface area (Å²) in [6, 6.07) is 18.4. The third-order valence-corrected chi connectivity index (χ3v) is 5.05. The van der Waals surface area contributed by atoms with Gasteiger partial charge in [-0.2, -0.15) is 5.10 Å². The number of nitrogens with one attached hydrogen (secondary N) is 1. The summed E-state index contributed by atoms with van der Waals surface area (Å²) >= 11 is 6.14. The Hall–Kier alpha value is -4.17. The number of rotatable bonds is 6. The summed E-state index contributed by atoms with van der Waals surface area (Å²) < 4.78 is 11.0. The molecule has 0 unspecified atom stereocenters. The number of nitrogens with zero attached hydrogens (tertiary/aromatic N) is 2. The summed E-state index contributed by atoms with van der Waals surface area (Å²) in [5.74, 6) is 0.644. The number of benzene rings is 3. The van der Waals surface area contributed by atoms with E-state index in [9.17, 15) is 14.9 Å². The number of halogens is 1. The van der Waals surface area contributed by atoms with E-state index in [-0.39, 0.29) is 5.69 Å². The van der Waals surface area contributed by atoms with Crippen LogP contribution in [0.2, 0.25) is 5.02 Å². The fraction of sp³-hybridized carbons (Fsp3) is 0.0435. The molecule has 0 bridgehead atoms. The Morgan fingerprint density at radius 3 is 2.59 bits per heavy atom. The monoisotopic (exact) mass is 449 g/mol. The molecule has 0 radical (unpaired) electrons. The SMILES string of the molecule is COc1cc2ccccc2cc1C(=O)NN=Cc1ccc(-c2cc([N+](=O)[O-])ccc2Cl)o1. The van der Waals surface area contributed by atoms with Crippen molar-refractivity contribution < 1.29 is 18.9 Å². The molecule has 1 heterocycles. The lowest BCUT2D eigenvalue weighted by molar-refractivity contribution is -0.384. The molecule has 0 spiro atoms. The molecule has 0 aliphatic rings. The zero-order valence-electron chi connectivity index (χ0n) is 16.7. The van der Waals surface area contributed by atoms with E-state index in [2.05, 4.69) is 10.5 Å². The standard InChI is InChI=1S/C23H16ClN3O5/c1-31-22-11-15-5-3-2-4-14(15)10-19(22)23(28)26-25-13-17-7-9-21(32-17)18-12-16(27(29)30)6-8-20(18)24/h2-13H,1H3,(H,26,28). The van der Waals surface area contributed by atoms with Crippen molar-refractivity contribution in [1.82, 2.24) is 5.43 Å². The minimum absolute atomic E-state index is 0.104. The maximum absolute atomic E-state index is 12.6. The predicted molar refractivity (Wildman–Crippen MR) is 121 cm³/mol. The number of carbonyl (C=O) groups is 1. The molecule has 32 heavy (non-hydrogen) atoms. The first kappa shape index (κ1) is 21.1. The van der Waals surface area contributed by atoms with Crippen molar-refractivity contribution in [1.29, 1.82) is 0 Å². The van der Waals surface area contributed by atoms with Gasteiger partial charge in [0, 0.05) is 17.7 Å². The topological polar surface area (TPSA) is 107 Å². The highest BCUT2D eigenvalue weighted by atomic mass is 35.5. The zero-order valence-corrected chi connectivity index (χ0v) is 17.5. The van der Waals surface area contributed by atoms with Crippen LogP contribution in [0.3, 0.4) is 0 Å². The second-order valence-electron chi connectivity index (χ2n) is 6.72. The van der Waals surface area contributed by atoms with Gasteiger partial charge in [-0.25, -0.2) is 5.43 Å². The molecule has 0 aliphatic carbocycles. The molecule has 160 valence electrons. The van der Waals surface area contributed by atoms with Gasteiger partial charge in [-0.05, 0) is 41.1 Å². The molecular weight excluding hydrogens is 434 g/mol. The van der Waals surface area contributed by atoms with Gasteiger partial charge in [-0.3, -0.25) is 14.9 Å². The van der Waals surface area contributed by atoms with E-state index < -0.39 is 10.8 Å². The van der Waals surface area contributed by atoms with Gasteiger partial charge in [-0.15, -0.1) is 0 Å². The molecule has 1 N–H and O–H groups in total. The largest absolute Gasteiger partial charge is 0.496 e. The molecule has 8 nitrogen and oxygen atoms in total. The van der Waals surface area contributed by atoms with Gasteiger partial charge in [0.15, 0.2) is 0 Å². The van der Waals surface area contributed by atoms with Crippen LogP contribution in [0.5, 0.6) is 5.75 Å². The predicted octanol–water partition coefficient (Wildman–Crippen LogP) is 5.43. The van der Waals surface area contributed by atoms with Crippen LogP contribution >= 0.6 is 11.6 Å². The number of ether oxygens (including phenoxy) is 1. The Kier molecular flexibility index (Phi) is 5.87. The smallest absolute Gasteiger partial charge is 0.275 e. The van der Waals surface area contributed by atoms with Crippen LogP contribution < -0.4 is 10.2 Å². The Morgan fingerprint density at radius 1 is 1.12 bits per heavy atom. The Labute approximate surface area is 187 Å². The number of fused-ring (bicyclic) bond motifs is 1. The minimum Gasteiger partial charge on any atom is -0.496 e. The van der Waals surface area contributed by atoms with Crippen LogP contribution in [0.25, 0.3) is 22.1 Å². The van der Waals surface area contributed by atoms with Crippen LogP contribution in [0.1, 0.15) is 16.1 Å².